The van der Waals surface area contributed by atoms with Crippen molar-refractivity contribution in [3.63, 3.8) is 0 Å². The zero-order valence-corrected chi connectivity index (χ0v) is 13.8. The smallest absolute Gasteiger partial charge is 0.137 e. The van der Waals surface area contributed by atoms with Crippen molar-refractivity contribution in [3.8, 4) is 11.4 Å². The van der Waals surface area contributed by atoms with E-state index in [0.717, 1.165) is 11.5 Å². The topological polar surface area (TPSA) is 28.7 Å². The van der Waals surface area contributed by atoms with Crippen LogP contribution < -0.4 is 0 Å². The summed E-state index contributed by atoms with van der Waals surface area (Å²) in [5.74, 6) is 0.958. The highest BCUT2D eigenvalue weighted by atomic mass is 14.9. The van der Waals surface area contributed by atoms with Crippen LogP contribution in [-0.4, -0.2) is 9.97 Å². The molecule has 0 fully saturated rings. The Balaban J connectivity index is 2.63. The average molecular weight is 270 g/mol. The van der Waals surface area contributed by atoms with Crippen LogP contribution in [0.15, 0.2) is 24.4 Å². The van der Waals surface area contributed by atoms with E-state index in [4.69, 9.17) is 0 Å². The number of rotatable bonds is 1. The number of aryl methyl sites for hydroxylation is 1. The molecule has 2 heteroatoms. The van der Waals surface area contributed by atoms with Crippen molar-refractivity contribution in [2.24, 2.45) is 0 Å². The number of benzene rings is 1. The highest BCUT2D eigenvalue weighted by Gasteiger charge is 2.21. The molecule has 0 aliphatic rings. The SMILES string of the molecule is Cc1cnc(-c2cc(C(C)(C)C)cc(C(C)(C)C)c2)[nH]1. The van der Waals surface area contributed by atoms with Gasteiger partial charge in [-0.3, -0.25) is 0 Å². The molecule has 1 aromatic heterocycles. The molecule has 2 nitrogen and oxygen atoms in total. The zero-order valence-electron chi connectivity index (χ0n) is 13.8. The van der Waals surface area contributed by atoms with Crippen molar-refractivity contribution in [1.82, 2.24) is 9.97 Å². The first-order valence-corrected chi connectivity index (χ1v) is 7.25. The Kier molecular flexibility index (Phi) is 3.53. The van der Waals surface area contributed by atoms with Gasteiger partial charge in [0.15, 0.2) is 0 Å². The molecule has 0 radical (unpaired) electrons. The van der Waals surface area contributed by atoms with E-state index in [1.165, 1.54) is 16.7 Å². The van der Waals surface area contributed by atoms with Crippen LogP contribution in [0, 0.1) is 6.92 Å². The summed E-state index contributed by atoms with van der Waals surface area (Å²) < 4.78 is 0. The number of nitrogens with one attached hydrogen (secondary N) is 1. The Morgan fingerprint density at radius 3 is 1.70 bits per heavy atom. The predicted molar refractivity (Wildman–Crippen MR) is 86.2 cm³/mol. The summed E-state index contributed by atoms with van der Waals surface area (Å²) in [5, 5.41) is 0. The van der Waals surface area contributed by atoms with E-state index in [1.54, 1.807) is 0 Å². The third-order valence-electron chi connectivity index (χ3n) is 3.64. The molecule has 2 aromatic rings. The van der Waals surface area contributed by atoms with E-state index in [0.29, 0.717) is 0 Å². The molecule has 0 bridgehead atoms. The van der Waals surface area contributed by atoms with Crippen LogP contribution in [0.4, 0.5) is 0 Å². The van der Waals surface area contributed by atoms with Crippen molar-refractivity contribution >= 4 is 0 Å². The van der Waals surface area contributed by atoms with E-state index in [9.17, 15) is 0 Å². The maximum absolute atomic E-state index is 4.48. The van der Waals surface area contributed by atoms with Gasteiger partial charge in [0, 0.05) is 17.5 Å². The minimum atomic E-state index is 0.137. The molecule has 0 saturated heterocycles. The number of nitrogens with zero attached hydrogens (tertiary/aromatic N) is 1. The Bertz CT molecular complexity index is 575. The van der Waals surface area contributed by atoms with Gasteiger partial charge >= 0.3 is 0 Å². The van der Waals surface area contributed by atoms with Gasteiger partial charge in [-0.2, -0.15) is 0 Å². The monoisotopic (exact) mass is 270 g/mol. The van der Waals surface area contributed by atoms with Gasteiger partial charge in [0.2, 0.25) is 0 Å². The quantitative estimate of drug-likeness (QED) is 0.777. The van der Waals surface area contributed by atoms with Gasteiger partial charge in [-0.25, -0.2) is 4.98 Å². The molecule has 2 rings (SSSR count). The van der Waals surface area contributed by atoms with Crippen LogP contribution in [0.3, 0.4) is 0 Å². The van der Waals surface area contributed by atoms with Gasteiger partial charge in [0.25, 0.3) is 0 Å². The number of imidazole rings is 1. The van der Waals surface area contributed by atoms with E-state index in [1.807, 2.05) is 13.1 Å². The molecular formula is C18H26N2. The fraction of sp³-hybridized carbons (Fsp3) is 0.500. The van der Waals surface area contributed by atoms with Gasteiger partial charge in [-0.1, -0.05) is 47.6 Å². The number of aromatic amines is 1. The van der Waals surface area contributed by atoms with Crippen LogP contribution >= 0.6 is 0 Å². The van der Waals surface area contributed by atoms with E-state index in [2.05, 4.69) is 69.7 Å². The number of hydrogen-bond donors (Lipinski definition) is 1. The summed E-state index contributed by atoms with van der Waals surface area (Å²) >= 11 is 0. The number of H-pyrrole nitrogens is 1. The highest BCUT2D eigenvalue weighted by molar-refractivity contribution is 5.59. The molecule has 1 aromatic carbocycles. The standard InChI is InChI=1S/C18H26N2/c1-12-11-19-16(20-12)13-8-14(17(2,3)4)10-15(9-13)18(5,6)7/h8-11H,1-7H3,(H,19,20). The first kappa shape index (κ1) is 14.8. The van der Waals surface area contributed by atoms with Gasteiger partial charge in [0.05, 0.1) is 0 Å². The lowest BCUT2D eigenvalue weighted by Crippen LogP contribution is -2.16. The normalized spacial score (nSPS) is 12.8. The molecule has 0 aliphatic carbocycles. The van der Waals surface area contributed by atoms with Crippen molar-refractivity contribution in [1.29, 1.82) is 0 Å². The first-order valence-electron chi connectivity index (χ1n) is 7.25. The van der Waals surface area contributed by atoms with Gasteiger partial charge in [0.1, 0.15) is 5.82 Å². The lowest BCUT2D eigenvalue weighted by atomic mass is 9.79. The predicted octanol–water partition coefficient (Wildman–Crippen LogP) is 4.98. The summed E-state index contributed by atoms with van der Waals surface area (Å²) in [4.78, 5) is 7.82. The molecule has 0 spiro atoms. The fourth-order valence-corrected chi connectivity index (χ4v) is 2.19. The second-order valence-corrected chi connectivity index (χ2v) is 7.71. The van der Waals surface area contributed by atoms with Crippen molar-refractivity contribution in [3.05, 3.63) is 41.2 Å². The maximum atomic E-state index is 4.48. The minimum absolute atomic E-state index is 0.137. The number of hydrogen-bond acceptors (Lipinski definition) is 1. The second-order valence-electron chi connectivity index (χ2n) is 7.71. The molecule has 1 N–H and O–H groups in total. The molecule has 0 atom stereocenters. The van der Waals surface area contributed by atoms with Gasteiger partial charge < -0.3 is 4.98 Å². The Labute approximate surface area is 122 Å². The summed E-state index contributed by atoms with van der Waals surface area (Å²) in [7, 11) is 0. The maximum Gasteiger partial charge on any atom is 0.137 e. The van der Waals surface area contributed by atoms with Crippen LogP contribution in [0.2, 0.25) is 0 Å². The second kappa shape index (κ2) is 4.76. The Morgan fingerprint density at radius 1 is 0.850 bits per heavy atom. The molecule has 0 aliphatic heterocycles. The molecule has 20 heavy (non-hydrogen) atoms. The summed E-state index contributed by atoms with van der Waals surface area (Å²) in [6.45, 7) is 15.6. The first-order chi connectivity index (χ1) is 9.07. The molecule has 0 amide bonds. The van der Waals surface area contributed by atoms with Crippen LogP contribution in [-0.2, 0) is 10.8 Å². The minimum Gasteiger partial charge on any atom is -0.342 e. The summed E-state index contributed by atoms with van der Waals surface area (Å²) in [6, 6.07) is 6.85. The van der Waals surface area contributed by atoms with Gasteiger partial charge in [-0.05, 0) is 41.0 Å². The Hall–Kier alpha value is -1.57. The third kappa shape index (κ3) is 3.12. The average Bonchev–Trinajstić information content (AvgIpc) is 2.73. The summed E-state index contributed by atoms with van der Waals surface area (Å²) in [6.07, 6.45) is 1.88. The van der Waals surface area contributed by atoms with E-state index < -0.39 is 0 Å². The fourth-order valence-electron chi connectivity index (χ4n) is 2.19. The van der Waals surface area contributed by atoms with Crippen LogP contribution in [0.25, 0.3) is 11.4 Å². The van der Waals surface area contributed by atoms with Gasteiger partial charge in [-0.15, -0.1) is 0 Å². The van der Waals surface area contributed by atoms with Crippen molar-refractivity contribution in [2.45, 2.75) is 59.3 Å². The largest absolute Gasteiger partial charge is 0.342 e. The lowest BCUT2D eigenvalue weighted by molar-refractivity contribution is 0.569. The van der Waals surface area contributed by atoms with E-state index >= 15 is 0 Å². The zero-order chi connectivity index (χ0) is 15.1. The highest BCUT2D eigenvalue weighted by Crippen LogP contribution is 2.33. The van der Waals surface area contributed by atoms with Crippen LogP contribution in [0.1, 0.15) is 58.4 Å². The third-order valence-corrected chi connectivity index (χ3v) is 3.64. The van der Waals surface area contributed by atoms with Crippen molar-refractivity contribution < 1.29 is 0 Å². The molecule has 0 saturated carbocycles. The Morgan fingerprint density at radius 2 is 1.35 bits per heavy atom. The molecule has 0 unspecified atom stereocenters. The lowest BCUT2D eigenvalue weighted by Gasteiger charge is -2.26. The van der Waals surface area contributed by atoms with E-state index in [-0.39, 0.29) is 10.8 Å². The molecule has 1 heterocycles. The molecule has 108 valence electrons. The molecular weight excluding hydrogens is 244 g/mol. The van der Waals surface area contributed by atoms with Crippen LogP contribution in [0.5, 0.6) is 0 Å². The number of aromatic nitrogens is 2. The van der Waals surface area contributed by atoms with Crippen molar-refractivity contribution in [2.75, 3.05) is 0 Å². The summed E-state index contributed by atoms with van der Waals surface area (Å²) in [5.41, 5.74) is 5.26.